The Morgan fingerprint density at radius 2 is 1.28 bits per heavy atom. The number of para-hydroxylation sites is 2. The largest absolute Gasteiger partial charge is 0.327 e. The lowest BCUT2D eigenvalue weighted by atomic mass is 9.53. The molecular formula is C51H44N2. The van der Waals surface area contributed by atoms with E-state index in [-0.39, 0.29) is 16.7 Å². The standard InChI is InChI=1S/C51H44N2/c1-31-28-29-50(5)41-22-14-15-23-43(41)53(35-25-27-38-37-20-12-13-21-40(37)49(3,4)42(38)30-35)51(6)45-39-26-24-33-16-10-11-19-36(33)47(39)52(34-17-8-7-9-18-34)46(45)32(2)44(31)48(50)51/h7-32H,1-6H3. The Balaban J connectivity index is 1.31. The van der Waals surface area contributed by atoms with Crippen LogP contribution in [0.1, 0.15) is 75.4 Å². The summed E-state index contributed by atoms with van der Waals surface area (Å²) in [6.07, 6.45) is 5.03. The Labute approximate surface area is 312 Å². The van der Waals surface area contributed by atoms with Gasteiger partial charge in [0, 0.05) is 55.8 Å². The molecule has 2 nitrogen and oxygen atoms in total. The number of fused-ring (bicyclic) bond motifs is 11. The first kappa shape index (κ1) is 31.0. The van der Waals surface area contributed by atoms with Crippen molar-refractivity contribution in [1.29, 1.82) is 0 Å². The Morgan fingerprint density at radius 3 is 2.11 bits per heavy atom. The summed E-state index contributed by atoms with van der Waals surface area (Å²) in [6.45, 7) is 14.8. The molecule has 1 aromatic heterocycles. The minimum absolute atomic E-state index is 0.104. The number of allylic oxidation sites excluding steroid dienone is 3. The Kier molecular flexibility index (Phi) is 6.01. The number of rotatable bonds is 2. The molecular weight excluding hydrogens is 641 g/mol. The van der Waals surface area contributed by atoms with Gasteiger partial charge in [-0.2, -0.15) is 0 Å². The zero-order valence-corrected chi connectivity index (χ0v) is 31.4. The van der Waals surface area contributed by atoms with Crippen LogP contribution in [-0.2, 0) is 16.4 Å². The van der Waals surface area contributed by atoms with Gasteiger partial charge in [0.1, 0.15) is 0 Å². The predicted octanol–water partition coefficient (Wildman–Crippen LogP) is 13.0. The maximum atomic E-state index is 2.75. The quantitative estimate of drug-likeness (QED) is 0.165. The minimum atomic E-state index is -0.496. The van der Waals surface area contributed by atoms with E-state index in [0.717, 1.165) is 0 Å². The average molecular weight is 685 g/mol. The molecule has 0 fully saturated rings. The fourth-order valence-corrected chi connectivity index (χ4v) is 11.6. The molecule has 0 N–H and O–H groups in total. The molecule has 53 heavy (non-hydrogen) atoms. The number of hydrogen-bond acceptors (Lipinski definition) is 1. The van der Waals surface area contributed by atoms with Gasteiger partial charge in [-0.1, -0.05) is 149 Å². The van der Waals surface area contributed by atoms with Gasteiger partial charge in [0.05, 0.1) is 11.1 Å². The van der Waals surface area contributed by atoms with E-state index in [2.05, 4.69) is 197 Å². The van der Waals surface area contributed by atoms with E-state index in [0.29, 0.717) is 5.92 Å². The monoisotopic (exact) mass is 684 g/mol. The van der Waals surface area contributed by atoms with E-state index in [1.165, 1.54) is 77.8 Å². The van der Waals surface area contributed by atoms with E-state index in [4.69, 9.17) is 0 Å². The third-order valence-electron chi connectivity index (χ3n) is 13.7. The Morgan fingerprint density at radius 1 is 0.585 bits per heavy atom. The first-order valence-electron chi connectivity index (χ1n) is 19.4. The van der Waals surface area contributed by atoms with Crippen LogP contribution >= 0.6 is 0 Å². The smallest absolute Gasteiger partial charge is 0.0925 e. The third-order valence-corrected chi connectivity index (χ3v) is 13.7. The van der Waals surface area contributed by atoms with Crippen LogP contribution in [0.2, 0.25) is 0 Å². The lowest BCUT2D eigenvalue weighted by Crippen LogP contribution is -2.56. The Bertz CT molecular complexity index is 2780. The molecule has 2 heteroatoms. The molecule has 3 aliphatic carbocycles. The molecule has 0 spiro atoms. The SMILES string of the molecule is CC1C=CC2(C)C3=C1C(C)c1c(c4ccc5ccccc5c4n1-c1ccccc1)C3(C)N(c1ccc3c(c1)C(C)(C)c1ccccc1-3)c1ccccc12. The molecule has 0 radical (unpaired) electrons. The second kappa shape index (κ2) is 10.3. The molecule has 1 aliphatic heterocycles. The fourth-order valence-electron chi connectivity index (χ4n) is 11.6. The van der Waals surface area contributed by atoms with Crippen LogP contribution in [0.25, 0.3) is 38.5 Å². The van der Waals surface area contributed by atoms with Crippen molar-refractivity contribution in [2.24, 2.45) is 5.92 Å². The van der Waals surface area contributed by atoms with Crippen molar-refractivity contribution in [3.63, 3.8) is 0 Å². The predicted molar refractivity (Wildman–Crippen MR) is 222 cm³/mol. The Hall–Kier alpha value is -5.60. The first-order valence-corrected chi connectivity index (χ1v) is 19.4. The summed E-state index contributed by atoms with van der Waals surface area (Å²) in [5.74, 6) is 0.513. The molecule has 4 atom stereocenters. The molecule has 11 rings (SSSR count). The number of hydrogen-bond donors (Lipinski definition) is 0. The van der Waals surface area contributed by atoms with Crippen molar-refractivity contribution < 1.29 is 0 Å². The minimum Gasteiger partial charge on any atom is -0.327 e. The summed E-state index contributed by atoms with van der Waals surface area (Å²) >= 11 is 0. The van der Waals surface area contributed by atoms with Crippen LogP contribution in [0.5, 0.6) is 0 Å². The topological polar surface area (TPSA) is 8.17 Å². The van der Waals surface area contributed by atoms with E-state index >= 15 is 0 Å². The van der Waals surface area contributed by atoms with E-state index in [9.17, 15) is 0 Å². The summed E-state index contributed by atoms with van der Waals surface area (Å²) < 4.78 is 2.64. The highest BCUT2D eigenvalue weighted by atomic mass is 15.2. The summed E-state index contributed by atoms with van der Waals surface area (Å²) in [7, 11) is 0. The van der Waals surface area contributed by atoms with Gasteiger partial charge in [-0.15, -0.1) is 0 Å². The van der Waals surface area contributed by atoms with Gasteiger partial charge in [-0.25, -0.2) is 0 Å². The lowest BCUT2D eigenvalue weighted by molar-refractivity contribution is 0.411. The molecule has 0 bridgehead atoms. The van der Waals surface area contributed by atoms with Crippen LogP contribution in [0.4, 0.5) is 11.4 Å². The highest BCUT2D eigenvalue weighted by Gasteiger charge is 2.59. The maximum absolute atomic E-state index is 2.75. The molecule has 4 aliphatic rings. The maximum Gasteiger partial charge on any atom is 0.0925 e. The molecule has 6 aromatic carbocycles. The van der Waals surface area contributed by atoms with Gasteiger partial charge in [0.25, 0.3) is 0 Å². The van der Waals surface area contributed by atoms with E-state index in [1.54, 1.807) is 11.1 Å². The second-order valence-corrected chi connectivity index (χ2v) is 16.8. The highest BCUT2D eigenvalue weighted by molar-refractivity contribution is 6.10. The molecule has 258 valence electrons. The van der Waals surface area contributed by atoms with Gasteiger partial charge >= 0.3 is 0 Å². The zero-order chi connectivity index (χ0) is 36.0. The van der Waals surface area contributed by atoms with Gasteiger partial charge in [0.15, 0.2) is 0 Å². The normalized spacial score (nSPS) is 24.5. The average Bonchev–Trinajstić information content (AvgIpc) is 3.66. The molecule has 4 unspecified atom stereocenters. The van der Waals surface area contributed by atoms with Crippen molar-refractivity contribution >= 4 is 33.1 Å². The number of aromatic nitrogens is 1. The molecule has 7 aromatic rings. The summed E-state index contributed by atoms with van der Waals surface area (Å²) in [4.78, 5) is 2.75. The van der Waals surface area contributed by atoms with Crippen molar-refractivity contribution in [3.05, 3.63) is 185 Å². The summed E-state index contributed by atoms with van der Waals surface area (Å²) in [5.41, 5.74) is 17.0. The van der Waals surface area contributed by atoms with E-state index < -0.39 is 5.54 Å². The zero-order valence-electron chi connectivity index (χ0n) is 31.4. The van der Waals surface area contributed by atoms with Gasteiger partial charge in [-0.3, -0.25) is 0 Å². The van der Waals surface area contributed by atoms with Crippen LogP contribution in [0.15, 0.2) is 157 Å². The third kappa shape index (κ3) is 3.69. The van der Waals surface area contributed by atoms with E-state index in [1.807, 2.05) is 0 Å². The highest BCUT2D eigenvalue weighted by Crippen LogP contribution is 2.67. The molecule has 0 saturated heterocycles. The second-order valence-electron chi connectivity index (χ2n) is 16.8. The summed E-state index contributed by atoms with van der Waals surface area (Å²) in [5, 5.41) is 3.91. The van der Waals surface area contributed by atoms with Gasteiger partial charge in [-0.05, 0) is 88.9 Å². The first-order chi connectivity index (χ1) is 25.7. The van der Waals surface area contributed by atoms with Crippen molar-refractivity contribution in [2.75, 3.05) is 4.90 Å². The number of nitrogens with zero attached hydrogens (tertiary/aromatic N) is 2. The van der Waals surface area contributed by atoms with Crippen molar-refractivity contribution in [1.82, 2.24) is 4.57 Å². The van der Waals surface area contributed by atoms with Crippen molar-refractivity contribution in [2.45, 2.75) is 63.8 Å². The number of anilines is 2. The van der Waals surface area contributed by atoms with Crippen LogP contribution in [0, 0.1) is 5.92 Å². The lowest BCUT2D eigenvalue weighted by Gasteiger charge is -2.60. The van der Waals surface area contributed by atoms with Gasteiger partial charge in [0.2, 0.25) is 0 Å². The van der Waals surface area contributed by atoms with Crippen molar-refractivity contribution in [3.8, 4) is 16.8 Å². The summed E-state index contributed by atoms with van der Waals surface area (Å²) in [6, 6.07) is 50.4. The molecule has 2 heterocycles. The van der Waals surface area contributed by atoms with Gasteiger partial charge < -0.3 is 9.47 Å². The number of benzene rings is 6. The fraction of sp³-hybridized carbons (Fsp3) is 0.216. The molecule has 0 saturated carbocycles. The van der Waals surface area contributed by atoms with Crippen LogP contribution in [-0.4, -0.2) is 4.57 Å². The van der Waals surface area contributed by atoms with Crippen LogP contribution in [0.3, 0.4) is 0 Å². The van der Waals surface area contributed by atoms with Crippen LogP contribution < -0.4 is 4.90 Å². The molecule has 0 amide bonds.